The summed E-state index contributed by atoms with van der Waals surface area (Å²) in [6.45, 7) is 0.880. The monoisotopic (exact) mass is 285 g/mol. The molecule has 84 valence electrons. The van der Waals surface area contributed by atoms with Gasteiger partial charge in [-0.3, -0.25) is 0 Å². The van der Waals surface area contributed by atoms with E-state index in [1.54, 1.807) is 0 Å². The highest BCUT2D eigenvalue weighted by Crippen LogP contribution is 2.30. The zero-order valence-corrected chi connectivity index (χ0v) is 9.13. The number of nitrogen functional groups attached to an aromatic ring is 1. The average Bonchev–Trinajstić information content (AvgIpc) is 2.11. The number of hydrogen-bond acceptors (Lipinski definition) is 4. The van der Waals surface area contributed by atoms with Crippen LogP contribution >= 0.6 is 15.9 Å². The summed E-state index contributed by atoms with van der Waals surface area (Å²) in [5.41, 5.74) is 5.35. The molecule has 0 saturated carbocycles. The van der Waals surface area contributed by atoms with Gasteiger partial charge >= 0.3 is 6.18 Å². The first-order valence-electron chi connectivity index (χ1n) is 3.81. The Morgan fingerprint density at radius 3 is 2.60 bits per heavy atom. The zero-order chi connectivity index (χ0) is 11.6. The second-order valence-corrected chi connectivity index (χ2v) is 3.47. The minimum atomic E-state index is -4.45. The molecule has 0 amide bonds. The number of hydrogen-bond donors (Lipinski definition) is 1. The molecule has 0 spiro atoms. The second kappa shape index (κ2) is 4.21. The molecule has 8 heteroatoms. The number of anilines is 1. The SMILES string of the molecule is CC(Oc1ncnc(N)c1Br)C(F)(F)F. The lowest BCUT2D eigenvalue weighted by molar-refractivity contribution is -0.190. The van der Waals surface area contributed by atoms with Crippen molar-refractivity contribution in [1.82, 2.24) is 9.97 Å². The molecule has 0 aliphatic heterocycles. The van der Waals surface area contributed by atoms with Crippen molar-refractivity contribution in [2.75, 3.05) is 5.73 Å². The van der Waals surface area contributed by atoms with Gasteiger partial charge in [-0.2, -0.15) is 13.2 Å². The fraction of sp³-hybridized carbons (Fsp3) is 0.429. The number of ether oxygens (including phenoxy) is 1. The van der Waals surface area contributed by atoms with Gasteiger partial charge in [0.25, 0.3) is 0 Å². The lowest BCUT2D eigenvalue weighted by atomic mass is 10.4. The van der Waals surface area contributed by atoms with Crippen LogP contribution in [-0.2, 0) is 0 Å². The molecular weight excluding hydrogens is 279 g/mol. The van der Waals surface area contributed by atoms with Gasteiger partial charge in [-0.15, -0.1) is 0 Å². The fourth-order valence-electron chi connectivity index (χ4n) is 0.683. The minimum absolute atomic E-state index is 0.0226. The zero-order valence-electron chi connectivity index (χ0n) is 7.55. The highest BCUT2D eigenvalue weighted by atomic mass is 79.9. The van der Waals surface area contributed by atoms with Crippen molar-refractivity contribution < 1.29 is 17.9 Å². The highest BCUT2D eigenvalue weighted by Gasteiger charge is 2.38. The molecule has 1 unspecified atom stereocenters. The lowest BCUT2D eigenvalue weighted by Gasteiger charge is -2.17. The van der Waals surface area contributed by atoms with E-state index in [4.69, 9.17) is 5.73 Å². The van der Waals surface area contributed by atoms with Crippen LogP contribution in [0, 0.1) is 0 Å². The van der Waals surface area contributed by atoms with Crippen LogP contribution in [0.1, 0.15) is 6.92 Å². The Kier molecular flexibility index (Phi) is 3.38. The van der Waals surface area contributed by atoms with E-state index in [9.17, 15) is 13.2 Å². The maximum Gasteiger partial charge on any atom is 0.425 e. The first kappa shape index (κ1) is 12.0. The van der Waals surface area contributed by atoms with Gasteiger partial charge in [0.2, 0.25) is 5.88 Å². The van der Waals surface area contributed by atoms with E-state index in [-0.39, 0.29) is 16.2 Å². The predicted molar refractivity (Wildman–Crippen MR) is 50.3 cm³/mol. The average molecular weight is 286 g/mol. The van der Waals surface area contributed by atoms with Gasteiger partial charge < -0.3 is 10.5 Å². The van der Waals surface area contributed by atoms with Crippen molar-refractivity contribution in [3.63, 3.8) is 0 Å². The van der Waals surface area contributed by atoms with E-state index in [1.165, 1.54) is 0 Å². The number of nitrogens with two attached hydrogens (primary N) is 1. The van der Waals surface area contributed by atoms with Crippen LogP contribution in [0.25, 0.3) is 0 Å². The van der Waals surface area contributed by atoms with Crippen LogP contribution in [0.5, 0.6) is 5.88 Å². The Bertz CT molecular complexity index is 358. The second-order valence-electron chi connectivity index (χ2n) is 2.68. The first-order valence-corrected chi connectivity index (χ1v) is 4.61. The topological polar surface area (TPSA) is 61.0 Å². The highest BCUT2D eigenvalue weighted by molar-refractivity contribution is 9.10. The summed E-state index contributed by atoms with van der Waals surface area (Å²) in [7, 11) is 0. The minimum Gasteiger partial charge on any atom is -0.464 e. The molecule has 4 nitrogen and oxygen atoms in total. The molecule has 0 fully saturated rings. The Hall–Kier alpha value is -1.05. The molecule has 2 N–H and O–H groups in total. The summed E-state index contributed by atoms with van der Waals surface area (Å²) in [6, 6.07) is 0. The lowest BCUT2D eigenvalue weighted by Crippen LogP contribution is -2.31. The molecule has 1 atom stereocenters. The smallest absolute Gasteiger partial charge is 0.425 e. The third-order valence-corrected chi connectivity index (χ3v) is 2.28. The Morgan fingerprint density at radius 1 is 1.47 bits per heavy atom. The van der Waals surface area contributed by atoms with E-state index in [2.05, 4.69) is 30.6 Å². The molecule has 0 aliphatic rings. The van der Waals surface area contributed by atoms with Crippen LogP contribution in [0.3, 0.4) is 0 Å². The summed E-state index contributed by atoms with van der Waals surface area (Å²) < 4.78 is 41.2. The maximum atomic E-state index is 12.2. The normalized spacial score (nSPS) is 13.7. The number of rotatable bonds is 2. The van der Waals surface area contributed by atoms with Gasteiger partial charge in [-0.05, 0) is 22.9 Å². The van der Waals surface area contributed by atoms with Crippen LogP contribution in [0.15, 0.2) is 10.8 Å². The van der Waals surface area contributed by atoms with Crippen LogP contribution in [-0.4, -0.2) is 22.2 Å². The standard InChI is InChI=1S/C7H7BrF3N3O/c1-3(7(9,10)11)15-6-4(8)5(12)13-2-14-6/h2-3H,1H3,(H2,12,13,14). The van der Waals surface area contributed by atoms with Gasteiger partial charge in [0.05, 0.1) is 0 Å². The van der Waals surface area contributed by atoms with E-state index in [0.717, 1.165) is 13.3 Å². The van der Waals surface area contributed by atoms with E-state index in [0.29, 0.717) is 0 Å². The third-order valence-electron chi connectivity index (χ3n) is 1.53. The molecule has 0 saturated heterocycles. The van der Waals surface area contributed by atoms with Gasteiger partial charge in [0.15, 0.2) is 6.10 Å². The summed E-state index contributed by atoms with van der Waals surface area (Å²) in [5, 5.41) is 0. The number of alkyl halides is 3. The summed E-state index contributed by atoms with van der Waals surface area (Å²) in [4.78, 5) is 7.10. The fourth-order valence-corrected chi connectivity index (χ4v) is 0.981. The van der Waals surface area contributed by atoms with Gasteiger partial charge in [-0.25, -0.2) is 9.97 Å². The summed E-state index contributed by atoms with van der Waals surface area (Å²) >= 11 is 2.93. The maximum absolute atomic E-state index is 12.2. The Balaban J connectivity index is 2.86. The molecule has 0 aromatic carbocycles. The predicted octanol–water partition coefficient (Wildman–Crippen LogP) is 2.15. The Morgan fingerprint density at radius 2 is 2.07 bits per heavy atom. The number of aromatic nitrogens is 2. The van der Waals surface area contributed by atoms with Crippen molar-refractivity contribution in [3.05, 3.63) is 10.8 Å². The molecule has 0 radical (unpaired) electrons. The molecule has 1 aromatic rings. The molecule has 0 aliphatic carbocycles. The van der Waals surface area contributed by atoms with Crippen LogP contribution < -0.4 is 10.5 Å². The molecule has 1 heterocycles. The van der Waals surface area contributed by atoms with Crippen LogP contribution in [0.4, 0.5) is 19.0 Å². The largest absolute Gasteiger partial charge is 0.464 e. The third kappa shape index (κ3) is 2.95. The van der Waals surface area contributed by atoms with Crippen LogP contribution in [0.2, 0.25) is 0 Å². The van der Waals surface area contributed by atoms with Crippen molar-refractivity contribution in [1.29, 1.82) is 0 Å². The molecule has 15 heavy (non-hydrogen) atoms. The van der Waals surface area contributed by atoms with Gasteiger partial charge in [0, 0.05) is 0 Å². The van der Waals surface area contributed by atoms with Crippen molar-refractivity contribution in [2.45, 2.75) is 19.2 Å². The summed E-state index contributed by atoms with van der Waals surface area (Å²) in [6.07, 6.45) is -5.37. The Labute approximate surface area is 91.8 Å². The van der Waals surface area contributed by atoms with Crippen molar-refractivity contribution >= 4 is 21.7 Å². The van der Waals surface area contributed by atoms with Crippen molar-refractivity contribution in [2.24, 2.45) is 0 Å². The molecule has 0 bridgehead atoms. The first-order chi connectivity index (χ1) is 6.82. The van der Waals surface area contributed by atoms with Gasteiger partial charge in [-0.1, -0.05) is 0 Å². The van der Waals surface area contributed by atoms with E-state index >= 15 is 0 Å². The quantitative estimate of drug-likeness (QED) is 0.905. The summed E-state index contributed by atoms with van der Waals surface area (Å²) in [5.74, 6) is -0.207. The van der Waals surface area contributed by atoms with Crippen molar-refractivity contribution in [3.8, 4) is 5.88 Å². The molecular formula is C7H7BrF3N3O. The van der Waals surface area contributed by atoms with E-state index < -0.39 is 12.3 Å². The molecule has 1 rings (SSSR count). The van der Waals surface area contributed by atoms with Gasteiger partial charge in [0.1, 0.15) is 16.6 Å². The molecule has 1 aromatic heterocycles. The number of nitrogens with zero attached hydrogens (tertiary/aromatic N) is 2. The van der Waals surface area contributed by atoms with E-state index in [1.807, 2.05) is 0 Å². The number of halogens is 4.